The largest absolute Gasteiger partial charge is 0.410 e. The first-order valence-electron chi connectivity index (χ1n) is 8.23. The average Bonchev–Trinajstić information content (AvgIpc) is 2.41. The number of rotatable bonds is 4. The van der Waals surface area contributed by atoms with E-state index in [1.165, 1.54) is 18.4 Å². The highest BCUT2D eigenvalue weighted by atomic mass is 28.4. The number of carbonyl (C=O) groups is 1. The van der Waals surface area contributed by atoms with Gasteiger partial charge in [-0.15, -0.1) is 0 Å². The zero-order valence-electron chi connectivity index (χ0n) is 13.6. The molecule has 0 aromatic heterocycles. The van der Waals surface area contributed by atoms with Gasteiger partial charge in [-0.1, -0.05) is 49.6 Å². The van der Waals surface area contributed by atoms with Crippen molar-refractivity contribution in [1.29, 1.82) is 0 Å². The molecule has 0 spiro atoms. The smallest absolute Gasteiger partial charge is 0.184 e. The minimum atomic E-state index is -1.70. The number of benzene rings is 1. The summed E-state index contributed by atoms with van der Waals surface area (Å²) in [6.07, 6.45) is 6.29. The molecule has 0 bridgehead atoms. The van der Waals surface area contributed by atoms with Gasteiger partial charge in [0.2, 0.25) is 0 Å². The van der Waals surface area contributed by atoms with Gasteiger partial charge in [0.15, 0.2) is 8.32 Å². The number of hydrogen-bond donors (Lipinski definition) is 0. The van der Waals surface area contributed by atoms with Crippen LogP contribution in [0.2, 0.25) is 19.6 Å². The molecule has 116 valence electrons. The molecule has 0 amide bonds. The third-order valence-electron chi connectivity index (χ3n) is 4.08. The second-order valence-electron chi connectivity index (χ2n) is 7.09. The fraction of sp³-hybridized carbons (Fsp3) is 0.611. The van der Waals surface area contributed by atoms with E-state index in [1.54, 1.807) is 0 Å². The molecule has 0 saturated heterocycles. The van der Waals surface area contributed by atoms with Crippen LogP contribution in [0, 0.1) is 5.92 Å². The Morgan fingerprint density at radius 1 is 1.05 bits per heavy atom. The summed E-state index contributed by atoms with van der Waals surface area (Å²) in [7, 11) is -1.70. The van der Waals surface area contributed by atoms with Gasteiger partial charge >= 0.3 is 0 Å². The SMILES string of the molecule is C[Si](C)(C)OC(c1ccccc1)C1CCCCCCC1=O. The maximum atomic E-state index is 12.6. The van der Waals surface area contributed by atoms with Crippen LogP contribution in [0.1, 0.15) is 50.2 Å². The second-order valence-corrected chi connectivity index (χ2v) is 11.5. The highest BCUT2D eigenvalue weighted by Crippen LogP contribution is 2.35. The van der Waals surface area contributed by atoms with E-state index >= 15 is 0 Å². The molecule has 1 aliphatic rings. The van der Waals surface area contributed by atoms with Crippen LogP contribution < -0.4 is 0 Å². The van der Waals surface area contributed by atoms with Crippen molar-refractivity contribution in [1.82, 2.24) is 0 Å². The van der Waals surface area contributed by atoms with Crippen molar-refractivity contribution >= 4 is 14.1 Å². The van der Waals surface area contributed by atoms with E-state index < -0.39 is 8.32 Å². The molecule has 0 radical (unpaired) electrons. The molecule has 2 nitrogen and oxygen atoms in total. The quantitative estimate of drug-likeness (QED) is 0.722. The molecule has 1 aromatic rings. The number of ketones is 1. The first kappa shape index (κ1) is 16.4. The number of carbonyl (C=O) groups excluding carboxylic acids is 1. The van der Waals surface area contributed by atoms with Gasteiger partial charge in [-0.25, -0.2) is 0 Å². The Morgan fingerprint density at radius 3 is 2.38 bits per heavy atom. The van der Waals surface area contributed by atoms with Gasteiger partial charge in [0, 0.05) is 12.3 Å². The van der Waals surface area contributed by atoms with E-state index in [4.69, 9.17) is 4.43 Å². The zero-order valence-corrected chi connectivity index (χ0v) is 14.6. The van der Waals surface area contributed by atoms with Crippen LogP contribution >= 0.6 is 0 Å². The molecule has 2 rings (SSSR count). The van der Waals surface area contributed by atoms with Gasteiger partial charge in [0.25, 0.3) is 0 Å². The number of hydrogen-bond acceptors (Lipinski definition) is 2. The fourth-order valence-electron chi connectivity index (χ4n) is 3.09. The highest BCUT2D eigenvalue weighted by Gasteiger charge is 2.33. The molecule has 0 heterocycles. The lowest BCUT2D eigenvalue weighted by molar-refractivity contribution is -0.127. The fourth-order valence-corrected chi connectivity index (χ4v) is 4.15. The van der Waals surface area contributed by atoms with Crippen molar-refractivity contribution < 1.29 is 9.22 Å². The Hall–Kier alpha value is -0.933. The van der Waals surface area contributed by atoms with Crippen molar-refractivity contribution in [3.05, 3.63) is 35.9 Å². The van der Waals surface area contributed by atoms with Gasteiger partial charge in [-0.2, -0.15) is 0 Å². The third kappa shape index (κ3) is 5.08. The summed E-state index contributed by atoms with van der Waals surface area (Å²) in [6.45, 7) is 6.61. The van der Waals surface area contributed by atoms with Gasteiger partial charge in [0.05, 0.1) is 6.10 Å². The molecular weight excluding hydrogens is 276 g/mol. The monoisotopic (exact) mass is 304 g/mol. The summed E-state index contributed by atoms with van der Waals surface area (Å²) in [6, 6.07) is 10.3. The van der Waals surface area contributed by atoms with E-state index in [1.807, 2.05) is 18.2 Å². The summed E-state index contributed by atoms with van der Waals surface area (Å²) in [5.41, 5.74) is 1.17. The van der Waals surface area contributed by atoms with E-state index in [9.17, 15) is 4.79 Å². The normalized spacial score (nSPS) is 22.4. The molecule has 1 fully saturated rings. The van der Waals surface area contributed by atoms with Crippen molar-refractivity contribution in [3.8, 4) is 0 Å². The van der Waals surface area contributed by atoms with Crippen molar-refractivity contribution in [2.75, 3.05) is 0 Å². The van der Waals surface area contributed by atoms with E-state index in [0.29, 0.717) is 5.78 Å². The van der Waals surface area contributed by atoms with Gasteiger partial charge < -0.3 is 4.43 Å². The Morgan fingerprint density at radius 2 is 1.71 bits per heavy atom. The summed E-state index contributed by atoms with van der Waals surface area (Å²) in [5, 5.41) is 0. The zero-order chi connectivity index (χ0) is 15.3. The Labute approximate surface area is 130 Å². The summed E-state index contributed by atoms with van der Waals surface area (Å²) in [5.74, 6) is 0.446. The predicted octanol–water partition coefficient (Wildman–Crippen LogP) is 5.12. The van der Waals surface area contributed by atoms with Crippen LogP contribution in [0.4, 0.5) is 0 Å². The second kappa shape index (κ2) is 7.37. The molecule has 1 saturated carbocycles. The van der Waals surface area contributed by atoms with Crippen molar-refractivity contribution in [2.24, 2.45) is 5.92 Å². The Bertz CT molecular complexity index is 450. The lowest BCUT2D eigenvalue weighted by Crippen LogP contribution is -2.34. The molecule has 0 N–H and O–H groups in total. The maximum Gasteiger partial charge on any atom is 0.184 e. The van der Waals surface area contributed by atoms with E-state index in [0.717, 1.165) is 25.7 Å². The molecule has 1 aromatic carbocycles. The van der Waals surface area contributed by atoms with Crippen LogP contribution in [0.5, 0.6) is 0 Å². The Kier molecular flexibility index (Phi) is 5.77. The summed E-state index contributed by atoms with van der Waals surface area (Å²) >= 11 is 0. The lowest BCUT2D eigenvalue weighted by Gasteiger charge is -2.33. The van der Waals surface area contributed by atoms with E-state index in [2.05, 4.69) is 31.8 Å². The molecule has 0 aliphatic heterocycles. The summed E-state index contributed by atoms with van der Waals surface area (Å²) < 4.78 is 6.45. The standard InChI is InChI=1S/C18H28O2Si/c1-21(2,3)20-18(15-11-7-6-8-12-15)16-13-9-4-5-10-14-17(16)19/h6-8,11-12,16,18H,4-5,9-10,13-14H2,1-3H3. The molecule has 21 heavy (non-hydrogen) atoms. The van der Waals surface area contributed by atoms with Gasteiger partial charge in [-0.3, -0.25) is 4.79 Å². The molecule has 1 aliphatic carbocycles. The summed E-state index contributed by atoms with van der Waals surface area (Å²) in [4.78, 5) is 12.6. The maximum absolute atomic E-state index is 12.6. The molecule has 2 atom stereocenters. The van der Waals surface area contributed by atoms with Crippen molar-refractivity contribution in [2.45, 2.75) is 64.3 Å². The first-order chi connectivity index (χ1) is 9.97. The topological polar surface area (TPSA) is 26.3 Å². The van der Waals surface area contributed by atoms with Crippen LogP contribution in [0.15, 0.2) is 30.3 Å². The van der Waals surface area contributed by atoms with Crippen LogP contribution in [-0.2, 0) is 9.22 Å². The lowest BCUT2D eigenvalue weighted by atomic mass is 9.83. The van der Waals surface area contributed by atoms with Gasteiger partial charge in [-0.05, 0) is 38.0 Å². The van der Waals surface area contributed by atoms with Crippen LogP contribution in [0.3, 0.4) is 0 Å². The molecule has 3 heteroatoms. The molecular formula is C18H28O2Si. The Balaban J connectivity index is 2.26. The van der Waals surface area contributed by atoms with Gasteiger partial charge in [0.1, 0.15) is 5.78 Å². The predicted molar refractivity (Wildman–Crippen MR) is 89.8 cm³/mol. The minimum Gasteiger partial charge on any atom is -0.410 e. The number of Topliss-reactive ketones (excluding diaryl/α,β-unsaturated/α-hetero) is 1. The van der Waals surface area contributed by atoms with Crippen molar-refractivity contribution in [3.63, 3.8) is 0 Å². The van der Waals surface area contributed by atoms with Crippen LogP contribution in [0.25, 0.3) is 0 Å². The third-order valence-corrected chi connectivity index (χ3v) is 5.04. The highest BCUT2D eigenvalue weighted by molar-refractivity contribution is 6.69. The van der Waals surface area contributed by atoms with Crippen LogP contribution in [-0.4, -0.2) is 14.1 Å². The minimum absolute atomic E-state index is 0.0411. The van der Waals surface area contributed by atoms with E-state index in [-0.39, 0.29) is 12.0 Å². The average molecular weight is 305 g/mol. The first-order valence-corrected chi connectivity index (χ1v) is 11.6. The molecule has 2 unspecified atom stereocenters.